The van der Waals surface area contributed by atoms with Crippen LogP contribution in [-0.4, -0.2) is 44.8 Å². The fourth-order valence-corrected chi connectivity index (χ4v) is 3.25. The van der Waals surface area contributed by atoms with Gasteiger partial charge in [-0.15, -0.1) is 0 Å². The number of anilines is 1. The van der Waals surface area contributed by atoms with Crippen molar-refractivity contribution in [3.8, 4) is 11.4 Å². The van der Waals surface area contributed by atoms with E-state index in [0.29, 0.717) is 28.7 Å². The molecule has 1 unspecified atom stereocenters. The summed E-state index contributed by atoms with van der Waals surface area (Å²) in [5.41, 5.74) is 7.25. The van der Waals surface area contributed by atoms with Crippen LogP contribution in [0.4, 0.5) is 5.69 Å². The van der Waals surface area contributed by atoms with E-state index >= 15 is 0 Å². The zero-order chi connectivity index (χ0) is 22.2. The van der Waals surface area contributed by atoms with E-state index in [0.717, 1.165) is 5.56 Å². The Morgan fingerprint density at radius 1 is 1.26 bits per heavy atom. The lowest BCUT2D eigenvalue weighted by Gasteiger charge is -2.32. The molecular formula is C21H21N7O3. The Bertz CT molecular complexity index is 1190. The van der Waals surface area contributed by atoms with Gasteiger partial charge in [0.05, 0.1) is 12.1 Å². The van der Waals surface area contributed by atoms with Gasteiger partial charge in [0, 0.05) is 37.0 Å². The van der Waals surface area contributed by atoms with Crippen LogP contribution in [0.2, 0.25) is 0 Å². The minimum absolute atomic E-state index is 0.131. The predicted octanol–water partition coefficient (Wildman–Crippen LogP) is 2.08. The molecule has 10 heteroatoms. The summed E-state index contributed by atoms with van der Waals surface area (Å²) < 4.78 is 4.98. The first-order chi connectivity index (χ1) is 14.7. The third-order valence-electron chi connectivity index (χ3n) is 5.08. The third-order valence-corrected chi connectivity index (χ3v) is 5.08. The summed E-state index contributed by atoms with van der Waals surface area (Å²) in [6.45, 7) is 3.50. The molecule has 3 heterocycles. The van der Waals surface area contributed by atoms with Crippen LogP contribution >= 0.6 is 0 Å². The van der Waals surface area contributed by atoms with Gasteiger partial charge < -0.3 is 15.6 Å². The maximum Gasteiger partial charge on any atom is 0.255 e. The van der Waals surface area contributed by atoms with Crippen molar-refractivity contribution in [2.45, 2.75) is 25.8 Å². The second kappa shape index (κ2) is 7.63. The van der Waals surface area contributed by atoms with Gasteiger partial charge in [-0.25, -0.2) is 4.99 Å². The lowest BCUT2D eigenvalue weighted by Crippen LogP contribution is -2.47. The van der Waals surface area contributed by atoms with E-state index in [1.54, 1.807) is 63.5 Å². The van der Waals surface area contributed by atoms with Crippen molar-refractivity contribution >= 4 is 23.5 Å². The van der Waals surface area contributed by atoms with Gasteiger partial charge in [0.15, 0.2) is 5.96 Å². The number of amides is 2. The number of nitrogens with one attached hydrogen (secondary N) is 1. The number of nitrogens with two attached hydrogens (primary N) is 1. The molecule has 4 rings (SSSR count). The minimum atomic E-state index is -0.904. The Labute approximate surface area is 178 Å². The average Bonchev–Trinajstić information content (AvgIpc) is 3.18. The van der Waals surface area contributed by atoms with Crippen LogP contribution in [0, 0.1) is 6.92 Å². The van der Waals surface area contributed by atoms with Crippen molar-refractivity contribution in [3.63, 3.8) is 0 Å². The summed E-state index contributed by atoms with van der Waals surface area (Å²) in [5.74, 6) is 0.621. The third kappa shape index (κ3) is 4.00. The van der Waals surface area contributed by atoms with Gasteiger partial charge in [-0.2, -0.15) is 4.98 Å². The number of benzene rings is 1. The lowest BCUT2D eigenvalue weighted by molar-refractivity contribution is -0.128. The zero-order valence-corrected chi connectivity index (χ0v) is 17.3. The molecule has 158 valence electrons. The normalized spacial score (nSPS) is 18.6. The van der Waals surface area contributed by atoms with Crippen molar-refractivity contribution in [3.05, 3.63) is 59.7 Å². The van der Waals surface area contributed by atoms with Crippen molar-refractivity contribution in [2.24, 2.45) is 10.7 Å². The van der Waals surface area contributed by atoms with Crippen molar-refractivity contribution in [1.29, 1.82) is 0 Å². The minimum Gasteiger partial charge on any atom is -0.369 e. The summed E-state index contributed by atoms with van der Waals surface area (Å²) in [4.78, 5) is 39.2. The maximum absolute atomic E-state index is 12.7. The second-order valence-electron chi connectivity index (χ2n) is 7.47. The molecule has 0 saturated heterocycles. The van der Waals surface area contributed by atoms with Crippen LogP contribution < -0.4 is 11.1 Å². The number of carbonyl (C=O) groups is 2. The molecule has 1 aliphatic rings. The zero-order valence-electron chi connectivity index (χ0n) is 17.3. The Balaban J connectivity index is 1.53. The number of aryl methyl sites for hydroxylation is 1. The standard InChI is InChI=1S/C21H21N7O3/c1-12-24-18(27-31-12)13-4-6-14(7-5-13)19(30)25-15-8-9-23-16(10-15)21(2)11-17(29)28(3)20(22)26-21/h4-10H,11H2,1-3H3,(H2,22,26)(H,23,25,30). The topological polar surface area (TPSA) is 140 Å². The molecule has 1 atom stereocenters. The summed E-state index contributed by atoms with van der Waals surface area (Å²) in [6.07, 6.45) is 1.69. The Kier molecular flexibility index (Phi) is 4.97. The molecule has 0 spiro atoms. The summed E-state index contributed by atoms with van der Waals surface area (Å²) in [7, 11) is 1.58. The number of aliphatic imine (C=N–C) groups is 1. The van der Waals surface area contributed by atoms with Gasteiger partial charge in [0.1, 0.15) is 5.54 Å². The van der Waals surface area contributed by atoms with Gasteiger partial charge in [-0.3, -0.25) is 19.5 Å². The molecule has 1 aromatic carbocycles. The van der Waals surface area contributed by atoms with E-state index in [2.05, 4.69) is 25.4 Å². The van der Waals surface area contributed by atoms with E-state index in [1.807, 2.05) is 0 Å². The fraction of sp³-hybridized carbons (Fsp3) is 0.238. The predicted molar refractivity (Wildman–Crippen MR) is 113 cm³/mol. The Morgan fingerprint density at radius 3 is 2.65 bits per heavy atom. The van der Waals surface area contributed by atoms with Gasteiger partial charge in [-0.05, 0) is 31.2 Å². The highest BCUT2D eigenvalue weighted by atomic mass is 16.5. The molecule has 2 amide bonds. The highest BCUT2D eigenvalue weighted by molar-refractivity contribution is 6.04. The van der Waals surface area contributed by atoms with Crippen molar-refractivity contribution in [2.75, 3.05) is 12.4 Å². The smallest absolute Gasteiger partial charge is 0.255 e. The highest BCUT2D eigenvalue weighted by Crippen LogP contribution is 2.32. The molecule has 31 heavy (non-hydrogen) atoms. The number of hydrogen-bond acceptors (Lipinski definition) is 8. The number of carbonyl (C=O) groups excluding carboxylic acids is 2. The molecule has 3 aromatic rings. The molecule has 0 bridgehead atoms. The maximum atomic E-state index is 12.7. The molecule has 0 saturated carbocycles. The second-order valence-corrected chi connectivity index (χ2v) is 7.47. The largest absolute Gasteiger partial charge is 0.369 e. The number of guanidine groups is 1. The van der Waals surface area contributed by atoms with Crippen LogP contribution in [0.3, 0.4) is 0 Å². The van der Waals surface area contributed by atoms with Crippen LogP contribution in [0.15, 0.2) is 52.1 Å². The lowest BCUT2D eigenvalue weighted by atomic mass is 9.91. The van der Waals surface area contributed by atoms with Gasteiger partial charge in [0.2, 0.25) is 17.6 Å². The number of hydrogen-bond donors (Lipinski definition) is 2. The molecule has 0 aliphatic carbocycles. The quantitative estimate of drug-likeness (QED) is 0.660. The molecule has 2 aromatic heterocycles. The van der Waals surface area contributed by atoms with Crippen molar-refractivity contribution in [1.82, 2.24) is 20.0 Å². The molecule has 0 fully saturated rings. The fourth-order valence-electron chi connectivity index (χ4n) is 3.25. The van der Waals surface area contributed by atoms with E-state index in [1.165, 1.54) is 4.90 Å². The average molecular weight is 419 g/mol. The van der Waals surface area contributed by atoms with Crippen LogP contribution in [0.1, 0.15) is 35.3 Å². The first kappa shape index (κ1) is 20.2. The van der Waals surface area contributed by atoms with E-state index in [9.17, 15) is 9.59 Å². The number of rotatable bonds is 4. The first-order valence-electron chi connectivity index (χ1n) is 9.56. The molecule has 3 N–H and O–H groups in total. The van der Waals surface area contributed by atoms with Crippen molar-refractivity contribution < 1.29 is 14.1 Å². The molecule has 10 nitrogen and oxygen atoms in total. The molecular weight excluding hydrogens is 398 g/mol. The monoisotopic (exact) mass is 419 g/mol. The van der Waals surface area contributed by atoms with E-state index in [4.69, 9.17) is 10.3 Å². The number of pyridine rings is 1. The van der Waals surface area contributed by atoms with Crippen LogP contribution in [-0.2, 0) is 10.3 Å². The molecule has 1 aliphatic heterocycles. The summed E-state index contributed by atoms with van der Waals surface area (Å²) in [5, 5.41) is 6.71. The van der Waals surface area contributed by atoms with Gasteiger partial charge in [-0.1, -0.05) is 17.3 Å². The first-order valence-corrected chi connectivity index (χ1v) is 9.56. The van der Waals surface area contributed by atoms with Gasteiger partial charge >= 0.3 is 0 Å². The summed E-state index contributed by atoms with van der Waals surface area (Å²) in [6, 6.07) is 10.2. The van der Waals surface area contributed by atoms with Gasteiger partial charge in [0.25, 0.3) is 5.91 Å². The molecule has 0 radical (unpaired) electrons. The van der Waals surface area contributed by atoms with Crippen LogP contribution in [0.25, 0.3) is 11.4 Å². The highest BCUT2D eigenvalue weighted by Gasteiger charge is 2.37. The number of aromatic nitrogens is 3. The van der Waals surface area contributed by atoms with E-state index < -0.39 is 5.54 Å². The SMILES string of the molecule is Cc1nc(-c2ccc(C(=O)Nc3ccnc(C4(C)CC(=O)N(C)C(N)=N4)c3)cc2)no1. The Morgan fingerprint density at radius 2 is 2.00 bits per heavy atom. The number of nitrogens with zero attached hydrogens (tertiary/aromatic N) is 5. The van der Waals surface area contributed by atoms with E-state index in [-0.39, 0.29) is 24.2 Å². The summed E-state index contributed by atoms with van der Waals surface area (Å²) >= 11 is 0. The van der Waals surface area contributed by atoms with Crippen LogP contribution in [0.5, 0.6) is 0 Å². The Hall–Kier alpha value is -4.08.